The van der Waals surface area contributed by atoms with E-state index in [0.717, 1.165) is 16.4 Å². The summed E-state index contributed by atoms with van der Waals surface area (Å²) in [5.74, 6) is 0. The summed E-state index contributed by atoms with van der Waals surface area (Å²) < 4.78 is 0. The Morgan fingerprint density at radius 3 is 2.58 bits per heavy atom. The summed E-state index contributed by atoms with van der Waals surface area (Å²) in [6, 6.07) is 12.1. The fourth-order valence-corrected chi connectivity index (χ4v) is 2.21. The molecule has 0 bridgehead atoms. The van der Waals surface area contributed by atoms with E-state index in [4.69, 9.17) is 17.3 Å². The predicted molar refractivity (Wildman–Crippen MR) is 80.4 cm³/mol. The normalized spacial score (nSPS) is 12.2. The van der Waals surface area contributed by atoms with Crippen LogP contribution in [0.5, 0.6) is 0 Å². The van der Waals surface area contributed by atoms with Gasteiger partial charge in [-0.25, -0.2) is 0 Å². The number of hydrogen-bond acceptors (Lipinski definition) is 3. The molecule has 1 atom stereocenters. The Morgan fingerprint density at radius 2 is 1.95 bits per heavy atom. The third kappa shape index (κ3) is 3.06. The minimum atomic E-state index is 0.228. The first kappa shape index (κ1) is 13.8. The van der Waals surface area contributed by atoms with Crippen LogP contribution in [-0.4, -0.2) is 12.0 Å². The van der Waals surface area contributed by atoms with E-state index in [1.807, 2.05) is 36.4 Å². The van der Waals surface area contributed by atoms with Crippen LogP contribution in [0.25, 0.3) is 0 Å². The monoisotopic (exact) mass is 275 g/mol. The van der Waals surface area contributed by atoms with Crippen LogP contribution in [0.15, 0.2) is 42.6 Å². The Kier molecular flexibility index (Phi) is 4.40. The topological polar surface area (TPSA) is 42.2 Å². The summed E-state index contributed by atoms with van der Waals surface area (Å²) in [5, 5.41) is 0.752. The second kappa shape index (κ2) is 6.04. The Labute approximate surface area is 119 Å². The van der Waals surface area contributed by atoms with E-state index in [9.17, 15) is 0 Å². The van der Waals surface area contributed by atoms with Gasteiger partial charge in [-0.2, -0.15) is 0 Å². The molecular formula is C15H18ClN3. The highest BCUT2D eigenvalue weighted by molar-refractivity contribution is 6.30. The highest BCUT2D eigenvalue weighted by Gasteiger charge is 2.15. The van der Waals surface area contributed by atoms with Crippen molar-refractivity contribution in [2.75, 3.05) is 11.9 Å². The summed E-state index contributed by atoms with van der Waals surface area (Å²) in [6.45, 7) is 2.59. The first-order chi connectivity index (χ1) is 9.13. The van der Waals surface area contributed by atoms with E-state index >= 15 is 0 Å². The molecule has 0 fully saturated rings. The van der Waals surface area contributed by atoms with Crippen molar-refractivity contribution in [2.45, 2.75) is 19.5 Å². The third-order valence-electron chi connectivity index (χ3n) is 3.37. The molecule has 2 N–H and O–H groups in total. The van der Waals surface area contributed by atoms with E-state index in [1.165, 1.54) is 5.56 Å². The van der Waals surface area contributed by atoms with Gasteiger partial charge in [-0.3, -0.25) is 4.98 Å². The standard InChI is InChI=1S/C15H18ClN3/c1-11(12-5-7-13(16)8-6-12)19(2)15-4-3-9-18-14(15)10-17/h3-9,11H,10,17H2,1-2H3. The van der Waals surface area contributed by atoms with Crippen molar-refractivity contribution in [3.05, 3.63) is 58.9 Å². The second-order valence-corrected chi connectivity index (χ2v) is 4.95. The Bertz CT molecular complexity index is 539. The number of nitrogens with two attached hydrogens (primary N) is 1. The zero-order valence-electron chi connectivity index (χ0n) is 11.2. The van der Waals surface area contributed by atoms with Crippen LogP contribution in [-0.2, 0) is 6.54 Å². The first-order valence-corrected chi connectivity index (χ1v) is 6.63. The van der Waals surface area contributed by atoms with Gasteiger partial charge in [-0.15, -0.1) is 0 Å². The quantitative estimate of drug-likeness (QED) is 0.930. The molecule has 4 heteroatoms. The average Bonchev–Trinajstić information content (AvgIpc) is 2.46. The number of aromatic nitrogens is 1. The fourth-order valence-electron chi connectivity index (χ4n) is 2.08. The molecule has 0 radical (unpaired) electrons. The lowest BCUT2D eigenvalue weighted by molar-refractivity contribution is 0.731. The molecule has 0 aliphatic heterocycles. The second-order valence-electron chi connectivity index (χ2n) is 4.51. The van der Waals surface area contributed by atoms with Crippen molar-refractivity contribution in [3.63, 3.8) is 0 Å². The van der Waals surface area contributed by atoms with Crippen molar-refractivity contribution in [3.8, 4) is 0 Å². The van der Waals surface area contributed by atoms with Gasteiger partial charge in [0.2, 0.25) is 0 Å². The molecule has 1 unspecified atom stereocenters. The van der Waals surface area contributed by atoms with Gasteiger partial charge in [0.05, 0.1) is 17.4 Å². The highest BCUT2D eigenvalue weighted by atomic mass is 35.5. The molecule has 0 aliphatic carbocycles. The molecule has 2 rings (SSSR count). The third-order valence-corrected chi connectivity index (χ3v) is 3.62. The summed E-state index contributed by atoms with van der Waals surface area (Å²) in [5.41, 5.74) is 8.92. The molecule has 1 aromatic carbocycles. The molecule has 3 nitrogen and oxygen atoms in total. The molecule has 100 valence electrons. The van der Waals surface area contributed by atoms with Crippen molar-refractivity contribution < 1.29 is 0 Å². The SMILES string of the molecule is CC(c1ccc(Cl)cc1)N(C)c1cccnc1CN. The molecule has 0 amide bonds. The van der Waals surface area contributed by atoms with Crippen molar-refractivity contribution in [2.24, 2.45) is 5.73 Å². The molecule has 19 heavy (non-hydrogen) atoms. The Balaban J connectivity index is 2.28. The number of halogens is 1. The predicted octanol–water partition coefficient (Wildman–Crippen LogP) is 3.39. The van der Waals surface area contributed by atoms with Crippen LogP contribution in [0.2, 0.25) is 5.02 Å². The van der Waals surface area contributed by atoms with E-state index in [1.54, 1.807) is 6.20 Å². The minimum absolute atomic E-state index is 0.228. The zero-order valence-corrected chi connectivity index (χ0v) is 11.9. The lowest BCUT2D eigenvalue weighted by Crippen LogP contribution is -2.23. The molecule has 0 spiro atoms. The molecule has 0 aliphatic rings. The number of benzene rings is 1. The van der Waals surface area contributed by atoms with Gasteiger partial charge in [0.1, 0.15) is 0 Å². The Hall–Kier alpha value is -1.58. The smallest absolute Gasteiger partial charge is 0.0772 e. The number of hydrogen-bond donors (Lipinski definition) is 1. The maximum Gasteiger partial charge on any atom is 0.0772 e. The van der Waals surface area contributed by atoms with E-state index in [-0.39, 0.29) is 6.04 Å². The number of rotatable bonds is 4. The molecule has 1 heterocycles. The van der Waals surface area contributed by atoms with Crippen LogP contribution in [0, 0.1) is 0 Å². The van der Waals surface area contributed by atoms with Crippen LogP contribution < -0.4 is 10.6 Å². The molecule has 1 aromatic heterocycles. The number of pyridine rings is 1. The van der Waals surface area contributed by atoms with Gasteiger partial charge >= 0.3 is 0 Å². The largest absolute Gasteiger partial charge is 0.366 e. The van der Waals surface area contributed by atoms with Gasteiger partial charge in [-0.05, 0) is 36.8 Å². The van der Waals surface area contributed by atoms with Gasteiger partial charge in [0.15, 0.2) is 0 Å². The molecule has 0 saturated carbocycles. The average molecular weight is 276 g/mol. The maximum absolute atomic E-state index is 5.92. The highest BCUT2D eigenvalue weighted by Crippen LogP contribution is 2.27. The lowest BCUT2D eigenvalue weighted by Gasteiger charge is -2.28. The van der Waals surface area contributed by atoms with Gasteiger partial charge < -0.3 is 10.6 Å². The minimum Gasteiger partial charge on any atom is -0.366 e. The van der Waals surface area contributed by atoms with E-state index in [2.05, 4.69) is 23.9 Å². The van der Waals surface area contributed by atoms with Crippen molar-refractivity contribution in [1.29, 1.82) is 0 Å². The maximum atomic E-state index is 5.92. The van der Waals surface area contributed by atoms with Crippen LogP contribution >= 0.6 is 11.6 Å². The molecule has 0 saturated heterocycles. The first-order valence-electron chi connectivity index (χ1n) is 6.25. The van der Waals surface area contributed by atoms with Gasteiger partial charge in [0, 0.05) is 24.8 Å². The Morgan fingerprint density at radius 1 is 1.26 bits per heavy atom. The number of anilines is 1. The van der Waals surface area contributed by atoms with Gasteiger partial charge in [0.25, 0.3) is 0 Å². The summed E-state index contributed by atoms with van der Waals surface area (Å²) >= 11 is 5.92. The lowest BCUT2D eigenvalue weighted by atomic mass is 10.1. The molecule has 2 aromatic rings. The summed E-state index contributed by atoms with van der Waals surface area (Å²) in [7, 11) is 2.05. The summed E-state index contributed by atoms with van der Waals surface area (Å²) in [6.07, 6.45) is 1.77. The van der Waals surface area contributed by atoms with E-state index in [0.29, 0.717) is 6.54 Å². The van der Waals surface area contributed by atoms with Crippen molar-refractivity contribution >= 4 is 17.3 Å². The van der Waals surface area contributed by atoms with Crippen LogP contribution in [0.3, 0.4) is 0 Å². The van der Waals surface area contributed by atoms with Crippen molar-refractivity contribution in [1.82, 2.24) is 4.98 Å². The number of nitrogens with zero attached hydrogens (tertiary/aromatic N) is 2. The zero-order chi connectivity index (χ0) is 13.8. The molecular weight excluding hydrogens is 258 g/mol. The summed E-state index contributed by atoms with van der Waals surface area (Å²) in [4.78, 5) is 6.50. The van der Waals surface area contributed by atoms with Crippen LogP contribution in [0.4, 0.5) is 5.69 Å². The van der Waals surface area contributed by atoms with Crippen LogP contribution in [0.1, 0.15) is 24.2 Å². The van der Waals surface area contributed by atoms with Gasteiger partial charge in [-0.1, -0.05) is 23.7 Å². The fraction of sp³-hybridized carbons (Fsp3) is 0.267. The van der Waals surface area contributed by atoms with E-state index < -0.39 is 0 Å².